The highest BCUT2D eigenvalue weighted by molar-refractivity contribution is 5.61. The van der Waals surface area contributed by atoms with E-state index < -0.39 is 10.5 Å². The van der Waals surface area contributed by atoms with Crippen molar-refractivity contribution >= 4 is 11.5 Å². The number of rotatable bonds is 5. The van der Waals surface area contributed by atoms with Crippen LogP contribution in [0.4, 0.5) is 11.5 Å². The molecule has 0 saturated heterocycles. The monoisotopic (exact) mass is 268 g/mol. The number of aliphatic hydroxyl groups excluding tert-OH is 1. The predicted octanol–water partition coefficient (Wildman–Crippen LogP) is 2.01. The number of aromatic nitrogens is 2. The molecule has 1 fully saturated rings. The summed E-state index contributed by atoms with van der Waals surface area (Å²) in [4.78, 5) is 10.8. The Morgan fingerprint density at radius 3 is 2.58 bits per heavy atom. The predicted molar refractivity (Wildman–Crippen MR) is 71.3 cm³/mol. The summed E-state index contributed by atoms with van der Waals surface area (Å²) in [5.41, 5.74) is -0.0220. The number of nitrogens with one attached hydrogen (secondary N) is 1. The van der Waals surface area contributed by atoms with E-state index in [4.69, 9.17) is 0 Å². The van der Waals surface area contributed by atoms with E-state index in [0.717, 1.165) is 19.3 Å². The molecule has 2 rings (SSSR count). The highest BCUT2D eigenvalue weighted by atomic mass is 16.6. The van der Waals surface area contributed by atoms with Crippen molar-refractivity contribution in [3.63, 3.8) is 0 Å². The zero-order valence-corrected chi connectivity index (χ0v) is 11.5. The summed E-state index contributed by atoms with van der Waals surface area (Å²) in [5, 5.41) is 28.1. The Hall–Kier alpha value is -1.63. The van der Waals surface area contributed by atoms with Crippen LogP contribution in [0.25, 0.3) is 0 Å². The molecular formula is C12H20N4O3. The van der Waals surface area contributed by atoms with Gasteiger partial charge in [-0.1, -0.05) is 0 Å². The quantitative estimate of drug-likeness (QED) is 0.629. The molecular weight excluding hydrogens is 248 g/mol. The van der Waals surface area contributed by atoms with Gasteiger partial charge in [-0.2, -0.15) is 5.10 Å². The fraction of sp³-hybridized carbons (Fsp3) is 0.750. The first-order valence-corrected chi connectivity index (χ1v) is 6.53. The van der Waals surface area contributed by atoms with E-state index in [-0.39, 0.29) is 18.3 Å². The first kappa shape index (κ1) is 13.8. The summed E-state index contributed by atoms with van der Waals surface area (Å²) >= 11 is 0. The smallest absolute Gasteiger partial charge is 0.333 e. The number of aliphatic hydroxyl groups is 1. The topological polar surface area (TPSA) is 93.2 Å². The lowest BCUT2D eigenvalue weighted by molar-refractivity contribution is -0.384. The minimum Gasteiger partial charge on any atom is -0.394 e. The van der Waals surface area contributed by atoms with E-state index in [1.54, 1.807) is 11.6 Å². The van der Waals surface area contributed by atoms with Crippen LogP contribution in [-0.2, 0) is 0 Å². The third kappa shape index (κ3) is 2.30. The van der Waals surface area contributed by atoms with Gasteiger partial charge in [0, 0.05) is 6.04 Å². The van der Waals surface area contributed by atoms with Crippen molar-refractivity contribution in [2.45, 2.75) is 51.6 Å². The summed E-state index contributed by atoms with van der Waals surface area (Å²) in [6.07, 6.45) is 2.67. The van der Waals surface area contributed by atoms with Gasteiger partial charge in [-0.3, -0.25) is 10.1 Å². The molecule has 7 nitrogen and oxygen atoms in total. The van der Waals surface area contributed by atoms with Crippen molar-refractivity contribution in [3.05, 3.63) is 15.8 Å². The van der Waals surface area contributed by atoms with Gasteiger partial charge < -0.3 is 10.4 Å². The van der Waals surface area contributed by atoms with Crippen molar-refractivity contribution in [2.24, 2.45) is 0 Å². The Balaban J connectivity index is 2.44. The van der Waals surface area contributed by atoms with Gasteiger partial charge in [0.1, 0.15) is 5.69 Å². The summed E-state index contributed by atoms with van der Waals surface area (Å²) in [6.45, 7) is 5.46. The number of hydrogen-bond donors (Lipinski definition) is 2. The van der Waals surface area contributed by atoms with Gasteiger partial charge in [-0.15, -0.1) is 0 Å². The maximum Gasteiger partial charge on any atom is 0.333 e. The fourth-order valence-corrected chi connectivity index (χ4v) is 2.42. The van der Waals surface area contributed by atoms with Crippen LogP contribution in [0.5, 0.6) is 0 Å². The van der Waals surface area contributed by atoms with Crippen LogP contribution in [0.2, 0.25) is 0 Å². The minimum absolute atomic E-state index is 0.00780. The molecule has 0 bridgehead atoms. The van der Waals surface area contributed by atoms with E-state index in [2.05, 4.69) is 10.4 Å². The molecule has 1 aromatic rings. The first-order valence-electron chi connectivity index (χ1n) is 6.53. The second-order valence-corrected chi connectivity index (χ2v) is 5.50. The fourth-order valence-electron chi connectivity index (χ4n) is 2.42. The standard InChI is InChI=1S/C12H20N4O3/c1-8(2)15-11(10(16(18)19)9(3)14-15)13-12(7-17)5-4-6-12/h8,13,17H,4-7H2,1-3H3. The largest absolute Gasteiger partial charge is 0.394 e. The number of aryl methyl sites for hydroxylation is 1. The zero-order valence-electron chi connectivity index (χ0n) is 11.5. The Labute approximate surface area is 111 Å². The van der Waals surface area contributed by atoms with Crippen LogP contribution in [0.15, 0.2) is 0 Å². The van der Waals surface area contributed by atoms with E-state index in [1.165, 1.54) is 0 Å². The van der Waals surface area contributed by atoms with E-state index >= 15 is 0 Å². The van der Waals surface area contributed by atoms with Crippen LogP contribution in [0.1, 0.15) is 44.8 Å². The van der Waals surface area contributed by atoms with E-state index in [1.807, 2.05) is 13.8 Å². The molecule has 1 aliphatic rings. The number of nitrogens with zero attached hydrogens (tertiary/aromatic N) is 3. The van der Waals surface area contributed by atoms with Crippen molar-refractivity contribution in [1.82, 2.24) is 9.78 Å². The SMILES string of the molecule is Cc1nn(C(C)C)c(NC2(CO)CCC2)c1[N+](=O)[O-]. The molecule has 2 N–H and O–H groups in total. The van der Waals surface area contributed by atoms with Crippen molar-refractivity contribution in [3.8, 4) is 0 Å². The lowest BCUT2D eigenvalue weighted by Crippen LogP contribution is -2.49. The van der Waals surface area contributed by atoms with Crippen molar-refractivity contribution in [1.29, 1.82) is 0 Å². The van der Waals surface area contributed by atoms with Crippen LogP contribution in [0.3, 0.4) is 0 Å². The zero-order chi connectivity index (χ0) is 14.2. The van der Waals surface area contributed by atoms with Crippen LogP contribution >= 0.6 is 0 Å². The normalized spacial score (nSPS) is 17.3. The Morgan fingerprint density at radius 1 is 1.58 bits per heavy atom. The molecule has 0 atom stereocenters. The van der Waals surface area contributed by atoms with Crippen LogP contribution < -0.4 is 5.32 Å². The lowest BCUT2D eigenvalue weighted by Gasteiger charge is -2.41. The molecule has 0 spiro atoms. The molecule has 0 unspecified atom stereocenters. The summed E-state index contributed by atoms with van der Waals surface area (Å²) < 4.78 is 1.63. The average Bonchev–Trinajstić information content (AvgIpc) is 2.60. The van der Waals surface area contributed by atoms with Crippen LogP contribution in [0, 0.1) is 17.0 Å². The van der Waals surface area contributed by atoms with E-state index in [9.17, 15) is 15.2 Å². The molecule has 1 aliphatic carbocycles. The highest BCUT2D eigenvalue weighted by Gasteiger charge is 2.40. The maximum atomic E-state index is 11.2. The van der Waals surface area contributed by atoms with Gasteiger partial charge >= 0.3 is 5.69 Å². The minimum atomic E-state index is -0.427. The van der Waals surface area contributed by atoms with Gasteiger partial charge in [0.2, 0.25) is 5.82 Å². The summed E-state index contributed by atoms with van der Waals surface area (Å²) in [6, 6.07) is 0.0192. The summed E-state index contributed by atoms with van der Waals surface area (Å²) in [5.74, 6) is 0.409. The molecule has 7 heteroatoms. The van der Waals surface area contributed by atoms with Crippen molar-refractivity contribution < 1.29 is 10.0 Å². The number of anilines is 1. The number of nitro groups is 1. The maximum absolute atomic E-state index is 11.2. The van der Waals surface area contributed by atoms with Crippen molar-refractivity contribution in [2.75, 3.05) is 11.9 Å². The molecule has 0 aromatic carbocycles. The Morgan fingerprint density at radius 2 is 2.21 bits per heavy atom. The summed E-state index contributed by atoms with van der Waals surface area (Å²) in [7, 11) is 0. The first-order chi connectivity index (χ1) is 8.90. The molecule has 1 heterocycles. The average molecular weight is 268 g/mol. The molecule has 0 aliphatic heterocycles. The van der Waals surface area contributed by atoms with Gasteiger partial charge in [0.25, 0.3) is 0 Å². The number of hydrogen-bond acceptors (Lipinski definition) is 5. The molecule has 106 valence electrons. The Kier molecular flexibility index (Phi) is 3.49. The highest BCUT2D eigenvalue weighted by Crippen LogP contribution is 2.39. The molecule has 1 aromatic heterocycles. The second-order valence-electron chi connectivity index (χ2n) is 5.50. The third-order valence-electron chi connectivity index (χ3n) is 3.72. The Bertz CT molecular complexity index is 486. The van der Waals surface area contributed by atoms with Gasteiger partial charge in [0.05, 0.1) is 17.1 Å². The van der Waals surface area contributed by atoms with Gasteiger partial charge in [0.15, 0.2) is 0 Å². The third-order valence-corrected chi connectivity index (χ3v) is 3.72. The molecule has 0 radical (unpaired) electrons. The molecule has 0 amide bonds. The van der Waals surface area contributed by atoms with Gasteiger partial charge in [-0.05, 0) is 40.0 Å². The lowest BCUT2D eigenvalue weighted by atomic mass is 9.77. The van der Waals surface area contributed by atoms with Crippen LogP contribution in [-0.4, -0.2) is 32.0 Å². The molecule has 19 heavy (non-hydrogen) atoms. The second kappa shape index (κ2) is 4.80. The van der Waals surface area contributed by atoms with Gasteiger partial charge in [-0.25, -0.2) is 4.68 Å². The van der Waals surface area contributed by atoms with E-state index in [0.29, 0.717) is 11.5 Å². The molecule has 1 saturated carbocycles.